The van der Waals surface area contributed by atoms with Crippen molar-refractivity contribution in [1.29, 1.82) is 0 Å². The molecule has 0 heterocycles. The summed E-state index contributed by atoms with van der Waals surface area (Å²) in [5.74, 6) is -5.06. The van der Waals surface area contributed by atoms with E-state index in [9.17, 15) is 19.5 Å². The number of benzene rings is 1. The summed E-state index contributed by atoms with van der Waals surface area (Å²) in [4.78, 5) is 42.0. The number of Topliss-reactive ketones (excluding diaryl/α,β-unsaturated/α-hetero) is 1. The van der Waals surface area contributed by atoms with Gasteiger partial charge in [-0.3, -0.25) is 14.4 Å². The maximum atomic E-state index is 13.4. The summed E-state index contributed by atoms with van der Waals surface area (Å²) in [5, 5.41) is 11.3. The molecule has 4 atom stereocenters. The lowest BCUT2D eigenvalue weighted by atomic mass is 9.61. The first kappa shape index (κ1) is 27.8. The van der Waals surface area contributed by atoms with E-state index in [1.54, 1.807) is 41.5 Å². The van der Waals surface area contributed by atoms with E-state index >= 15 is 0 Å². The van der Waals surface area contributed by atoms with E-state index in [2.05, 4.69) is 18.7 Å². The highest BCUT2D eigenvalue weighted by Gasteiger charge is 2.57. The van der Waals surface area contributed by atoms with Crippen LogP contribution in [0, 0.1) is 11.8 Å². The normalized spacial score (nSPS) is 25.6. The van der Waals surface area contributed by atoms with Gasteiger partial charge >= 0.3 is 11.9 Å². The molecule has 1 aromatic carbocycles. The smallest absolute Gasteiger partial charge is 0.317 e. The Bertz CT molecular complexity index is 887. The van der Waals surface area contributed by atoms with Crippen LogP contribution in [0.2, 0.25) is 0 Å². The molecule has 1 aromatic rings. The highest BCUT2D eigenvalue weighted by molar-refractivity contribution is 6.03. The molecule has 1 N–H and O–H groups in total. The second kappa shape index (κ2) is 10.1. The Labute approximate surface area is 203 Å². The average molecular weight is 476 g/mol. The molecular weight excluding hydrogens is 434 g/mol. The fourth-order valence-corrected chi connectivity index (χ4v) is 4.64. The first-order valence-corrected chi connectivity index (χ1v) is 12.1. The molecule has 0 aliphatic heterocycles. The molecule has 1 fully saturated rings. The van der Waals surface area contributed by atoms with Crippen molar-refractivity contribution in [3.8, 4) is 0 Å². The standard InChI is InChI=1S/C27H41NO6/c1-10-28(11-2)18-14-12-17(13-15-18)20-21(23(30)33-25(3,4)5)19(29)16-27(9,32)22(20)24(31)34-26(6,7)8/h12-15,20-22,32H,10-11,16H2,1-9H3/t20-,21+,22+,27-/m1/s1. The van der Waals surface area contributed by atoms with Gasteiger partial charge in [0.05, 0.1) is 11.5 Å². The summed E-state index contributed by atoms with van der Waals surface area (Å²) < 4.78 is 11.2. The van der Waals surface area contributed by atoms with Crippen LogP contribution >= 0.6 is 0 Å². The number of carbonyl (C=O) groups is 3. The number of anilines is 1. The molecule has 0 radical (unpaired) electrons. The summed E-state index contributed by atoms with van der Waals surface area (Å²) in [7, 11) is 0. The van der Waals surface area contributed by atoms with Crippen molar-refractivity contribution in [2.24, 2.45) is 11.8 Å². The van der Waals surface area contributed by atoms with Gasteiger partial charge in [0, 0.05) is 31.1 Å². The molecule has 7 nitrogen and oxygen atoms in total. The van der Waals surface area contributed by atoms with Crippen molar-refractivity contribution < 1.29 is 29.0 Å². The quantitative estimate of drug-likeness (QED) is 0.485. The Morgan fingerprint density at radius 2 is 1.44 bits per heavy atom. The van der Waals surface area contributed by atoms with Crippen LogP contribution in [-0.4, -0.2) is 52.7 Å². The molecule has 190 valence electrons. The van der Waals surface area contributed by atoms with Gasteiger partial charge < -0.3 is 19.5 Å². The second-order valence-electron chi connectivity index (χ2n) is 11.3. The molecule has 7 heteroatoms. The van der Waals surface area contributed by atoms with Crippen LogP contribution in [0.5, 0.6) is 0 Å². The fraction of sp³-hybridized carbons (Fsp3) is 0.667. The zero-order valence-electron chi connectivity index (χ0n) is 22.1. The van der Waals surface area contributed by atoms with E-state index in [0.717, 1.165) is 18.8 Å². The van der Waals surface area contributed by atoms with Gasteiger partial charge in [0.2, 0.25) is 0 Å². The molecule has 34 heavy (non-hydrogen) atoms. The lowest BCUT2D eigenvalue weighted by molar-refractivity contribution is -0.182. The Hall–Kier alpha value is -2.41. The molecule has 0 saturated heterocycles. The SMILES string of the molecule is CCN(CC)c1ccc([C@@H]2[C@@H](C(=O)OC(C)(C)C)C(=O)C[C@@](C)(O)[C@@H]2C(=O)OC(C)(C)C)cc1. The first-order valence-electron chi connectivity index (χ1n) is 12.1. The van der Waals surface area contributed by atoms with E-state index in [1.807, 2.05) is 24.3 Å². The second-order valence-corrected chi connectivity index (χ2v) is 11.3. The van der Waals surface area contributed by atoms with E-state index in [0.29, 0.717) is 5.56 Å². The number of ketones is 1. The summed E-state index contributed by atoms with van der Waals surface area (Å²) in [6.07, 6.45) is -0.338. The third-order valence-electron chi connectivity index (χ3n) is 6.00. The van der Waals surface area contributed by atoms with E-state index in [-0.39, 0.29) is 6.42 Å². The van der Waals surface area contributed by atoms with Crippen molar-refractivity contribution in [2.75, 3.05) is 18.0 Å². The van der Waals surface area contributed by atoms with Gasteiger partial charge in [0.15, 0.2) is 5.78 Å². The van der Waals surface area contributed by atoms with Gasteiger partial charge in [-0.2, -0.15) is 0 Å². The van der Waals surface area contributed by atoms with Gasteiger partial charge in [-0.25, -0.2) is 0 Å². The minimum absolute atomic E-state index is 0.338. The molecule has 0 aromatic heterocycles. The van der Waals surface area contributed by atoms with Crippen molar-refractivity contribution in [1.82, 2.24) is 0 Å². The number of esters is 2. The van der Waals surface area contributed by atoms with Crippen LogP contribution in [0.15, 0.2) is 24.3 Å². The van der Waals surface area contributed by atoms with Crippen LogP contribution in [-0.2, 0) is 23.9 Å². The van der Waals surface area contributed by atoms with E-state index in [1.165, 1.54) is 6.92 Å². The minimum Gasteiger partial charge on any atom is -0.460 e. The number of nitrogens with zero attached hydrogens (tertiary/aromatic N) is 1. The lowest BCUT2D eigenvalue weighted by Gasteiger charge is -2.44. The Kier molecular flexibility index (Phi) is 8.24. The van der Waals surface area contributed by atoms with Crippen molar-refractivity contribution in [2.45, 2.75) is 91.5 Å². The molecule has 1 aliphatic rings. The predicted octanol–water partition coefficient (Wildman–Crippen LogP) is 4.26. The van der Waals surface area contributed by atoms with Crippen LogP contribution in [0.25, 0.3) is 0 Å². The van der Waals surface area contributed by atoms with Crippen LogP contribution in [0.4, 0.5) is 5.69 Å². The Morgan fingerprint density at radius 3 is 1.88 bits per heavy atom. The van der Waals surface area contributed by atoms with Crippen molar-refractivity contribution in [3.63, 3.8) is 0 Å². The Morgan fingerprint density at radius 1 is 0.971 bits per heavy atom. The largest absolute Gasteiger partial charge is 0.460 e. The fourth-order valence-electron chi connectivity index (χ4n) is 4.64. The van der Waals surface area contributed by atoms with E-state index in [4.69, 9.17) is 9.47 Å². The molecule has 0 unspecified atom stereocenters. The monoisotopic (exact) mass is 475 g/mol. The third-order valence-corrected chi connectivity index (χ3v) is 6.00. The van der Waals surface area contributed by atoms with Crippen LogP contribution in [0.1, 0.15) is 80.2 Å². The summed E-state index contributed by atoms with van der Waals surface area (Å²) >= 11 is 0. The maximum absolute atomic E-state index is 13.4. The number of aliphatic hydroxyl groups is 1. The van der Waals surface area contributed by atoms with Gasteiger partial charge in [-0.1, -0.05) is 12.1 Å². The highest BCUT2D eigenvalue weighted by Crippen LogP contribution is 2.47. The minimum atomic E-state index is -1.68. The third kappa shape index (κ3) is 6.59. The number of rotatable bonds is 6. The first-order chi connectivity index (χ1) is 15.5. The lowest BCUT2D eigenvalue weighted by Crippen LogP contribution is -2.56. The van der Waals surface area contributed by atoms with E-state index < -0.39 is 52.3 Å². The molecule has 0 amide bonds. The predicted molar refractivity (Wildman–Crippen MR) is 132 cm³/mol. The topological polar surface area (TPSA) is 93.1 Å². The molecule has 2 rings (SSSR count). The summed E-state index contributed by atoms with van der Waals surface area (Å²) in [6.45, 7) is 17.7. The van der Waals surface area contributed by atoms with Gasteiger partial charge in [0.25, 0.3) is 0 Å². The Balaban J connectivity index is 2.64. The molecular formula is C27H41NO6. The van der Waals surface area contributed by atoms with Crippen molar-refractivity contribution in [3.05, 3.63) is 29.8 Å². The molecule has 0 bridgehead atoms. The molecule has 1 aliphatic carbocycles. The van der Waals surface area contributed by atoms with Gasteiger partial charge in [0.1, 0.15) is 17.1 Å². The van der Waals surface area contributed by atoms with Gasteiger partial charge in [-0.15, -0.1) is 0 Å². The molecule has 1 saturated carbocycles. The number of hydrogen-bond acceptors (Lipinski definition) is 7. The average Bonchev–Trinajstić information content (AvgIpc) is 2.65. The number of carbonyl (C=O) groups excluding carboxylic acids is 3. The zero-order valence-corrected chi connectivity index (χ0v) is 22.1. The van der Waals surface area contributed by atoms with Gasteiger partial charge in [-0.05, 0) is 80.0 Å². The van der Waals surface area contributed by atoms with Crippen molar-refractivity contribution >= 4 is 23.4 Å². The maximum Gasteiger partial charge on any atom is 0.317 e. The van der Waals surface area contributed by atoms with Crippen LogP contribution < -0.4 is 4.90 Å². The summed E-state index contributed by atoms with van der Waals surface area (Å²) in [5.41, 5.74) is -1.69. The number of ether oxygens (including phenoxy) is 2. The zero-order chi connectivity index (χ0) is 26.1. The number of hydrogen-bond donors (Lipinski definition) is 1. The highest BCUT2D eigenvalue weighted by atomic mass is 16.6. The van der Waals surface area contributed by atoms with Crippen LogP contribution in [0.3, 0.4) is 0 Å². The molecule has 0 spiro atoms. The summed E-state index contributed by atoms with van der Waals surface area (Å²) in [6, 6.07) is 7.46.